The molecule has 0 saturated heterocycles. The second kappa shape index (κ2) is 14.0. The Balaban J connectivity index is 0.000000132. The Morgan fingerprint density at radius 3 is 1.24 bits per heavy atom. The van der Waals surface area contributed by atoms with E-state index in [1.54, 1.807) is 0 Å². The number of aliphatic hydroxyl groups is 1. The molecule has 0 amide bonds. The lowest BCUT2D eigenvalue weighted by molar-refractivity contribution is 0.103. The summed E-state index contributed by atoms with van der Waals surface area (Å²) in [5.74, 6) is 0.0752. The maximum Gasteiger partial charge on any atom is 0.193 e. The van der Waals surface area contributed by atoms with E-state index in [1.807, 2.05) is 121 Å². The van der Waals surface area contributed by atoms with Gasteiger partial charge in [-0.15, -0.1) is 0 Å². The second-order valence-corrected chi connectivity index (χ2v) is 12.3. The zero-order valence-corrected chi connectivity index (χ0v) is 26.7. The Morgan fingerprint density at radius 1 is 0.467 bits per heavy atom. The van der Waals surface area contributed by atoms with Crippen LogP contribution < -0.4 is 0 Å². The number of benzene rings is 6. The fourth-order valence-electron chi connectivity index (χ4n) is 5.79. The number of hydrogen-bond acceptors (Lipinski definition) is 2. The lowest BCUT2D eigenvalue weighted by Gasteiger charge is -2.32. The zero-order valence-electron chi connectivity index (χ0n) is 25.1. The largest absolute Gasteiger partial charge is 0.376 e. The third-order valence-electron chi connectivity index (χ3n) is 8.57. The Hall–Kier alpha value is -4.57. The minimum atomic E-state index is -1.10. The molecule has 0 bridgehead atoms. The van der Waals surface area contributed by atoms with Gasteiger partial charge in [-0.05, 0) is 76.8 Å². The molecule has 222 valence electrons. The van der Waals surface area contributed by atoms with Crippen molar-refractivity contribution in [3.8, 4) is 0 Å². The van der Waals surface area contributed by atoms with Crippen LogP contribution in [0.25, 0.3) is 0 Å². The summed E-state index contributed by atoms with van der Waals surface area (Å²) in [6.45, 7) is 0. The van der Waals surface area contributed by atoms with E-state index in [2.05, 4.69) is 52.3 Å². The summed E-state index contributed by atoms with van der Waals surface area (Å²) in [7, 11) is 0. The summed E-state index contributed by atoms with van der Waals surface area (Å²) >= 11 is 3.43. The van der Waals surface area contributed by atoms with Gasteiger partial charge in [0.25, 0.3) is 0 Å². The maximum atomic E-state index is 11.8. The monoisotopic (exact) mass is 650 g/mol. The fraction of sp³-hybridized carbons (Fsp3) is 0.119. The Kier molecular flexibility index (Phi) is 9.49. The number of fused-ring (bicyclic) bond motifs is 2. The van der Waals surface area contributed by atoms with Gasteiger partial charge in [-0.25, -0.2) is 0 Å². The van der Waals surface area contributed by atoms with Crippen LogP contribution in [-0.2, 0) is 31.3 Å². The van der Waals surface area contributed by atoms with Crippen molar-refractivity contribution in [2.24, 2.45) is 0 Å². The van der Waals surface area contributed by atoms with E-state index in [-0.39, 0.29) is 5.78 Å². The quantitative estimate of drug-likeness (QED) is 0.149. The van der Waals surface area contributed by atoms with Crippen molar-refractivity contribution >= 4 is 21.7 Å². The molecule has 1 N–H and O–H groups in total. The van der Waals surface area contributed by atoms with Crippen LogP contribution in [0.15, 0.2) is 162 Å². The standard InChI is InChI=1S/C21H18O.C13H10O.C8H7Br/c22-21(18-7-3-1-4-8-18,19-9-5-2-6-10-19)20-14-13-16-11-12-17(16)15-20;14-13(11-7-3-1-4-8-11)12-9-5-2-6-10-12;9-8-4-3-6-1-2-7(6)5-8/h1-10,13-15,22H,11-12H2;1-10H;3-5H,1-2H2. The van der Waals surface area contributed by atoms with Crippen molar-refractivity contribution in [1.29, 1.82) is 0 Å². The van der Waals surface area contributed by atoms with E-state index in [4.69, 9.17) is 0 Å². The lowest BCUT2D eigenvalue weighted by Crippen LogP contribution is -2.29. The van der Waals surface area contributed by atoms with Gasteiger partial charge in [0.15, 0.2) is 5.78 Å². The first-order valence-corrected chi connectivity index (χ1v) is 16.2. The molecular weight excluding hydrogens is 616 g/mol. The predicted molar refractivity (Wildman–Crippen MR) is 187 cm³/mol. The topological polar surface area (TPSA) is 37.3 Å². The lowest BCUT2D eigenvalue weighted by atomic mass is 9.77. The highest BCUT2D eigenvalue weighted by atomic mass is 79.9. The molecule has 6 aromatic rings. The normalized spacial score (nSPS) is 12.4. The average molecular weight is 652 g/mol. The number of carbonyl (C=O) groups excluding carboxylic acids is 1. The van der Waals surface area contributed by atoms with Gasteiger partial charge in [-0.3, -0.25) is 4.79 Å². The highest BCUT2D eigenvalue weighted by Crippen LogP contribution is 2.38. The molecule has 2 nitrogen and oxygen atoms in total. The highest BCUT2D eigenvalue weighted by molar-refractivity contribution is 9.10. The minimum Gasteiger partial charge on any atom is -0.376 e. The number of ketones is 1. The number of halogens is 1. The first kappa shape index (κ1) is 30.5. The van der Waals surface area contributed by atoms with Crippen LogP contribution in [0.5, 0.6) is 0 Å². The van der Waals surface area contributed by atoms with E-state index in [0.29, 0.717) is 0 Å². The average Bonchev–Trinajstić information content (AvgIpc) is 3.08. The van der Waals surface area contributed by atoms with Crippen molar-refractivity contribution in [2.45, 2.75) is 31.3 Å². The van der Waals surface area contributed by atoms with Crippen molar-refractivity contribution in [1.82, 2.24) is 0 Å². The Labute approximate surface area is 274 Å². The van der Waals surface area contributed by atoms with E-state index in [1.165, 1.54) is 39.6 Å². The molecule has 0 aliphatic heterocycles. The first-order chi connectivity index (χ1) is 22.0. The third kappa shape index (κ3) is 6.91. The van der Waals surface area contributed by atoms with Gasteiger partial charge >= 0.3 is 0 Å². The molecule has 0 saturated carbocycles. The summed E-state index contributed by atoms with van der Waals surface area (Å²) in [6.07, 6.45) is 4.82. The van der Waals surface area contributed by atoms with Crippen LogP contribution in [0.4, 0.5) is 0 Å². The van der Waals surface area contributed by atoms with Gasteiger partial charge in [-0.2, -0.15) is 0 Å². The SMILES string of the molecule is Brc1ccc2c(c1)CC2.O=C(c1ccccc1)c1ccccc1.OC(c1ccccc1)(c1ccccc1)c1ccc2c(c1)CC2. The molecule has 0 aromatic heterocycles. The summed E-state index contributed by atoms with van der Waals surface area (Å²) in [5, 5.41) is 11.7. The molecular formula is C42H35BrO2. The maximum absolute atomic E-state index is 11.8. The number of hydrogen-bond donors (Lipinski definition) is 1. The fourth-order valence-corrected chi connectivity index (χ4v) is 6.20. The second-order valence-electron chi connectivity index (χ2n) is 11.4. The molecule has 0 radical (unpaired) electrons. The molecule has 0 fully saturated rings. The molecule has 0 unspecified atom stereocenters. The molecule has 2 aliphatic carbocycles. The molecule has 0 spiro atoms. The van der Waals surface area contributed by atoms with Gasteiger partial charge < -0.3 is 5.11 Å². The van der Waals surface area contributed by atoms with Gasteiger partial charge in [0.1, 0.15) is 5.60 Å². The van der Waals surface area contributed by atoms with Crippen LogP contribution in [0.2, 0.25) is 0 Å². The highest BCUT2D eigenvalue weighted by Gasteiger charge is 2.34. The molecule has 0 atom stereocenters. The summed E-state index contributed by atoms with van der Waals surface area (Å²) < 4.78 is 1.21. The zero-order chi connectivity index (χ0) is 31.1. The van der Waals surface area contributed by atoms with E-state index >= 15 is 0 Å². The van der Waals surface area contributed by atoms with Crippen molar-refractivity contribution in [2.75, 3.05) is 0 Å². The Bertz CT molecular complexity index is 1790. The summed E-state index contributed by atoms with van der Waals surface area (Å²) in [4.78, 5) is 11.8. The van der Waals surface area contributed by atoms with Crippen molar-refractivity contribution < 1.29 is 9.90 Å². The van der Waals surface area contributed by atoms with Crippen LogP contribution in [0, 0.1) is 0 Å². The Morgan fingerprint density at radius 2 is 0.867 bits per heavy atom. The van der Waals surface area contributed by atoms with E-state index in [0.717, 1.165) is 40.7 Å². The minimum absolute atomic E-state index is 0.0752. The molecule has 8 rings (SSSR count). The van der Waals surface area contributed by atoms with Gasteiger partial charge in [-0.1, -0.05) is 162 Å². The van der Waals surface area contributed by atoms with E-state index in [9.17, 15) is 9.90 Å². The van der Waals surface area contributed by atoms with Crippen LogP contribution >= 0.6 is 15.9 Å². The molecule has 6 aromatic carbocycles. The van der Waals surface area contributed by atoms with Crippen LogP contribution in [0.3, 0.4) is 0 Å². The molecule has 45 heavy (non-hydrogen) atoms. The predicted octanol–water partition coefficient (Wildman–Crippen LogP) is 9.53. The molecule has 2 aliphatic rings. The van der Waals surface area contributed by atoms with Crippen LogP contribution in [-0.4, -0.2) is 10.9 Å². The molecule has 0 heterocycles. The summed E-state index contributed by atoms with van der Waals surface area (Å²) in [5.41, 5.74) is 8.94. The summed E-state index contributed by atoms with van der Waals surface area (Å²) in [6, 6.07) is 51.3. The van der Waals surface area contributed by atoms with Gasteiger partial charge in [0, 0.05) is 15.6 Å². The number of aryl methyl sites for hydroxylation is 4. The number of carbonyl (C=O) groups is 1. The van der Waals surface area contributed by atoms with E-state index < -0.39 is 5.60 Å². The number of rotatable bonds is 5. The molecule has 3 heteroatoms. The smallest absolute Gasteiger partial charge is 0.193 e. The third-order valence-corrected chi connectivity index (χ3v) is 9.07. The van der Waals surface area contributed by atoms with Crippen LogP contribution in [0.1, 0.15) is 54.9 Å². The van der Waals surface area contributed by atoms with Gasteiger partial charge in [0.05, 0.1) is 0 Å². The van der Waals surface area contributed by atoms with Gasteiger partial charge in [0.2, 0.25) is 0 Å². The van der Waals surface area contributed by atoms with Crippen molar-refractivity contribution in [3.05, 3.63) is 212 Å². The first-order valence-electron chi connectivity index (χ1n) is 15.4. The van der Waals surface area contributed by atoms with Crippen molar-refractivity contribution in [3.63, 3.8) is 0 Å².